The van der Waals surface area contributed by atoms with E-state index in [4.69, 9.17) is 10.2 Å². The lowest BCUT2D eigenvalue weighted by Gasteiger charge is -1.99. The Labute approximate surface area is 61.9 Å². The van der Waals surface area contributed by atoms with Crippen molar-refractivity contribution in [2.24, 2.45) is 0 Å². The summed E-state index contributed by atoms with van der Waals surface area (Å²) >= 11 is 0. The summed E-state index contributed by atoms with van der Waals surface area (Å²) in [6.07, 6.45) is 0.255. The molecule has 0 aromatic rings. The van der Waals surface area contributed by atoms with Gasteiger partial charge in [0.15, 0.2) is 0 Å². The highest BCUT2D eigenvalue weighted by Crippen LogP contribution is 1.93. The molecule has 0 aliphatic rings. The van der Waals surface area contributed by atoms with Gasteiger partial charge in [-0.1, -0.05) is 18.8 Å². The van der Waals surface area contributed by atoms with E-state index in [0.29, 0.717) is 12.8 Å². The van der Waals surface area contributed by atoms with Gasteiger partial charge < -0.3 is 10.2 Å². The molecular weight excluding hydrogens is 128 g/mol. The molecule has 10 heavy (non-hydrogen) atoms. The molecule has 0 aliphatic carbocycles. The zero-order valence-electron chi connectivity index (χ0n) is 6.46. The lowest BCUT2D eigenvalue weighted by atomic mass is 10.2. The monoisotopic (exact) mass is 142 g/mol. The third kappa shape index (κ3) is 5.61. The van der Waals surface area contributed by atoms with Crippen LogP contribution in [0.1, 0.15) is 26.7 Å². The van der Waals surface area contributed by atoms with Crippen LogP contribution in [-0.4, -0.2) is 22.4 Å². The summed E-state index contributed by atoms with van der Waals surface area (Å²) < 4.78 is 0. The minimum absolute atomic E-state index is 0.341. The summed E-state index contributed by atoms with van der Waals surface area (Å²) in [6, 6.07) is 0. The zero-order valence-corrected chi connectivity index (χ0v) is 6.46. The molecule has 0 bridgehead atoms. The van der Waals surface area contributed by atoms with Gasteiger partial charge in [-0.05, 0) is 13.3 Å². The highest BCUT2D eigenvalue weighted by Gasteiger charge is 1.95. The van der Waals surface area contributed by atoms with Crippen LogP contribution < -0.4 is 0 Å². The summed E-state index contributed by atoms with van der Waals surface area (Å²) in [6.45, 7) is 3.50. The van der Waals surface area contributed by atoms with Crippen LogP contribution in [0.4, 0.5) is 0 Å². The maximum atomic E-state index is 8.99. The molecule has 0 spiro atoms. The molecule has 2 atom stereocenters. The fourth-order valence-corrected chi connectivity index (χ4v) is 0.469. The van der Waals surface area contributed by atoms with Crippen molar-refractivity contribution in [1.82, 2.24) is 0 Å². The van der Waals surface area contributed by atoms with Crippen LogP contribution in [0, 0.1) is 11.8 Å². The van der Waals surface area contributed by atoms with E-state index in [0.717, 1.165) is 0 Å². The maximum absolute atomic E-state index is 8.99. The molecule has 0 aliphatic heterocycles. The third-order valence-corrected chi connectivity index (χ3v) is 1.12. The highest BCUT2D eigenvalue weighted by atomic mass is 16.3. The summed E-state index contributed by atoms with van der Waals surface area (Å²) in [5, 5.41) is 17.7. The van der Waals surface area contributed by atoms with Gasteiger partial charge in [0.1, 0.15) is 6.10 Å². The predicted octanol–water partition coefficient (Wildman–Crippen LogP) is 0.532. The smallest absolute Gasteiger partial charge is 0.111 e. The van der Waals surface area contributed by atoms with Gasteiger partial charge in [0.05, 0.1) is 6.10 Å². The quantitative estimate of drug-likeness (QED) is 0.552. The molecule has 0 rings (SSSR count). The summed E-state index contributed by atoms with van der Waals surface area (Å²) in [7, 11) is 0. The largest absolute Gasteiger partial charge is 0.392 e. The molecule has 2 unspecified atom stereocenters. The van der Waals surface area contributed by atoms with Gasteiger partial charge in [-0.25, -0.2) is 0 Å². The lowest BCUT2D eigenvalue weighted by molar-refractivity contribution is 0.176. The van der Waals surface area contributed by atoms with Crippen molar-refractivity contribution in [3.8, 4) is 11.8 Å². The van der Waals surface area contributed by atoms with Crippen LogP contribution in [0.3, 0.4) is 0 Å². The predicted molar refractivity (Wildman–Crippen MR) is 40.4 cm³/mol. The Morgan fingerprint density at radius 1 is 1.40 bits per heavy atom. The molecule has 0 aromatic carbocycles. The van der Waals surface area contributed by atoms with E-state index in [1.165, 1.54) is 0 Å². The molecular formula is C8H14O2. The molecule has 0 fully saturated rings. The first kappa shape index (κ1) is 9.48. The normalized spacial score (nSPS) is 15.2. The Bertz CT molecular complexity index is 130. The van der Waals surface area contributed by atoms with Crippen LogP contribution in [0.25, 0.3) is 0 Å². The van der Waals surface area contributed by atoms with Gasteiger partial charge in [0.2, 0.25) is 0 Å². The van der Waals surface area contributed by atoms with E-state index in [-0.39, 0.29) is 6.10 Å². The van der Waals surface area contributed by atoms with E-state index in [1.54, 1.807) is 6.92 Å². The highest BCUT2D eigenvalue weighted by molar-refractivity contribution is 5.03. The third-order valence-electron chi connectivity index (χ3n) is 1.12. The Morgan fingerprint density at radius 2 is 2.00 bits per heavy atom. The minimum atomic E-state index is -0.580. The molecule has 0 saturated heterocycles. The van der Waals surface area contributed by atoms with Crippen LogP contribution in [0.15, 0.2) is 0 Å². The fourth-order valence-electron chi connectivity index (χ4n) is 0.469. The molecule has 2 N–H and O–H groups in total. The van der Waals surface area contributed by atoms with Crippen molar-refractivity contribution in [2.45, 2.75) is 38.9 Å². The molecule has 2 nitrogen and oxygen atoms in total. The first-order valence-electron chi connectivity index (χ1n) is 3.51. The second kappa shape index (κ2) is 5.28. The van der Waals surface area contributed by atoms with Crippen molar-refractivity contribution < 1.29 is 10.2 Å². The summed E-state index contributed by atoms with van der Waals surface area (Å²) in [5.41, 5.74) is 0. The van der Waals surface area contributed by atoms with Crippen LogP contribution >= 0.6 is 0 Å². The average molecular weight is 142 g/mol. The number of hydrogen-bond acceptors (Lipinski definition) is 2. The topological polar surface area (TPSA) is 40.5 Å². The van der Waals surface area contributed by atoms with Gasteiger partial charge in [-0.15, -0.1) is 0 Å². The van der Waals surface area contributed by atoms with E-state index >= 15 is 0 Å². The first-order chi connectivity index (χ1) is 4.66. The molecule has 0 radical (unpaired) electrons. The standard InChI is InChI=1S/C8H14O2/c1-3-8(10)6-4-5-7(2)9/h7-10H,3,6H2,1-2H3. The number of rotatable bonds is 2. The van der Waals surface area contributed by atoms with Crippen molar-refractivity contribution >= 4 is 0 Å². The summed E-state index contributed by atoms with van der Waals surface area (Å²) in [5.74, 6) is 5.24. The average Bonchev–Trinajstić information content (AvgIpc) is 1.87. The molecule has 2 heteroatoms. The molecule has 0 aromatic heterocycles. The SMILES string of the molecule is CCC(O)CC#CC(C)O. The second-order valence-corrected chi connectivity index (χ2v) is 2.26. The van der Waals surface area contributed by atoms with Crippen molar-refractivity contribution in [3.63, 3.8) is 0 Å². The first-order valence-corrected chi connectivity index (χ1v) is 3.51. The summed E-state index contributed by atoms with van der Waals surface area (Å²) in [4.78, 5) is 0. The number of aliphatic hydroxyl groups excluding tert-OH is 2. The van der Waals surface area contributed by atoms with Gasteiger partial charge in [-0.3, -0.25) is 0 Å². The van der Waals surface area contributed by atoms with Gasteiger partial charge in [0.25, 0.3) is 0 Å². The molecule has 0 saturated carbocycles. The maximum Gasteiger partial charge on any atom is 0.111 e. The van der Waals surface area contributed by atoms with Crippen molar-refractivity contribution in [3.05, 3.63) is 0 Å². The zero-order chi connectivity index (χ0) is 7.98. The van der Waals surface area contributed by atoms with E-state index in [2.05, 4.69) is 11.8 Å². The van der Waals surface area contributed by atoms with Crippen molar-refractivity contribution in [2.75, 3.05) is 0 Å². The number of aliphatic hydroxyl groups is 2. The van der Waals surface area contributed by atoms with Crippen LogP contribution in [0.5, 0.6) is 0 Å². The van der Waals surface area contributed by atoms with Gasteiger partial charge in [0, 0.05) is 6.42 Å². The van der Waals surface area contributed by atoms with Crippen LogP contribution in [-0.2, 0) is 0 Å². The van der Waals surface area contributed by atoms with Gasteiger partial charge in [-0.2, -0.15) is 0 Å². The van der Waals surface area contributed by atoms with Crippen molar-refractivity contribution in [1.29, 1.82) is 0 Å². The minimum Gasteiger partial charge on any atom is -0.392 e. The fraction of sp³-hybridized carbons (Fsp3) is 0.750. The Hall–Kier alpha value is -0.520. The lowest BCUT2D eigenvalue weighted by Crippen LogP contribution is -2.02. The Morgan fingerprint density at radius 3 is 2.40 bits per heavy atom. The van der Waals surface area contributed by atoms with E-state index < -0.39 is 6.10 Å². The van der Waals surface area contributed by atoms with Crippen LogP contribution in [0.2, 0.25) is 0 Å². The molecule has 0 heterocycles. The second-order valence-electron chi connectivity index (χ2n) is 2.26. The number of hydrogen-bond donors (Lipinski definition) is 2. The Balaban J connectivity index is 3.45. The van der Waals surface area contributed by atoms with E-state index in [9.17, 15) is 0 Å². The Kier molecular flexibility index (Phi) is 5.00. The molecule has 58 valence electrons. The molecule has 0 amide bonds. The van der Waals surface area contributed by atoms with E-state index in [1.807, 2.05) is 6.92 Å². The van der Waals surface area contributed by atoms with Gasteiger partial charge >= 0.3 is 0 Å².